The van der Waals surface area contributed by atoms with Gasteiger partial charge in [-0.05, 0) is 66.1 Å². The van der Waals surface area contributed by atoms with Gasteiger partial charge in [-0.2, -0.15) is 5.26 Å². The number of thiocyanates is 1. The van der Waals surface area contributed by atoms with Crippen molar-refractivity contribution in [3.05, 3.63) is 0 Å². The van der Waals surface area contributed by atoms with E-state index in [1.807, 2.05) is 41.5 Å². The molecular formula is C15H31NO3SSi. The molecule has 0 saturated carbocycles. The molecule has 0 spiro atoms. The highest BCUT2D eigenvalue weighted by atomic mass is 32.2. The molecule has 0 radical (unpaired) electrons. The molecule has 21 heavy (non-hydrogen) atoms. The summed E-state index contributed by atoms with van der Waals surface area (Å²) in [6, 6.07) is 0.846. The predicted molar refractivity (Wildman–Crippen MR) is 91.1 cm³/mol. The Balaban J connectivity index is 4.55. The van der Waals surface area contributed by atoms with E-state index in [1.54, 1.807) is 0 Å². The number of hydrogen-bond donors (Lipinski definition) is 0. The molecule has 4 nitrogen and oxygen atoms in total. The maximum absolute atomic E-state index is 8.51. The fourth-order valence-corrected chi connectivity index (χ4v) is 5.87. The van der Waals surface area contributed by atoms with Crippen molar-refractivity contribution in [1.82, 2.24) is 0 Å². The van der Waals surface area contributed by atoms with Crippen LogP contribution in [0.5, 0.6) is 0 Å². The molecule has 6 heteroatoms. The zero-order valence-electron chi connectivity index (χ0n) is 14.3. The van der Waals surface area contributed by atoms with Crippen molar-refractivity contribution in [3.63, 3.8) is 0 Å². The standard InChI is InChI=1S/C15H31NO3SSi/c1-13(2)17-21(18-14(3)4,19-15(5)6)11-9-7-8-10-20-12-16/h13-15H,7-11H2,1-6H3. The molecule has 0 atom stereocenters. The third-order valence-corrected chi connectivity index (χ3v) is 6.62. The highest BCUT2D eigenvalue weighted by Gasteiger charge is 2.43. The molecule has 0 unspecified atom stereocenters. The fraction of sp³-hybridized carbons (Fsp3) is 0.933. The van der Waals surface area contributed by atoms with Gasteiger partial charge < -0.3 is 13.3 Å². The topological polar surface area (TPSA) is 51.5 Å². The molecular weight excluding hydrogens is 302 g/mol. The molecule has 0 aliphatic carbocycles. The highest BCUT2D eigenvalue weighted by molar-refractivity contribution is 8.03. The lowest BCUT2D eigenvalue weighted by Crippen LogP contribution is -2.50. The van der Waals surface area contributed by atoms with Gasteiger partial charge in [0.05, 0.1) is 0 Å². The minimum atomic E-state index is -2.63. The average Bonchev–Trinajstić information content (AvgIpc) is 2.30. The Morgan fingerprint density at radius 2 is 1.33 bits per heavy atom. The molecule has 0 rings (SSSR count). The van der Waals surface area contributed by atoms with E-state index in [9.17, 15) is 0 Å². The van der Waals surface area contributed by atoms with Gasteiger partial charge in [0.2, 0.25) is 0 Å². The van der Waals surface area contributed by atoms with Gasteiger partial charge in [-0.15, -0.1) is 0 Å². The van der Waals surface area contributed by atoms with Crippen molar-refractivity contribution in [2.24, 2.45) is 0 Å². The molecule has 0 aromatic rings. The van der Waals surface area contributed by atoms with Crippen LogP contribution in [0.1, 0.15) is 60.8 Å². The Labute approximate surface area is 135 Å². The second kappa shape index (κ2) is 11.5. The van der Waals surface area contributed by atoms with E-state index in [0.717, 1.165) is 31.1 Å². The average molecular weight is 334 g/mol. The van der Waals surface area contributed by atoms with Gasteiger partial charge in [0, 0.05) is 30.1 Å². The van der Waals surface area contributed by atoms with Gasteiger partial charge >= 0.3 is 8.80 Å². The van der Waals surface area contributed by atoms with E-state index in [4.69, 9.17) is 18.5 Å². The van der Waals surface area contributed by atoms with E-state index in [0.29, 0.717) is 0 Å². The molecule has 0 saturated heterocycles. The molecule has 0 aliphatic heterocycles. The number of thioether (sulfide) groups is 1. The minimum Gasteiger partial charge on any atom is -0.371 e. The first-order valence-electron chi connectivity index (χ1n) is 7.85. The monoisotopic (exact) mass is 333 g/mol. The summed E-state index contributed by atoms with van der Waals surface area (Å²) in [4.78, 5) is 0. The Morgan fingerprint density at radius 3 is 1.71 bits per heavy atom. The van der Waals surface area contributed by atoms with Crippen LogP contribution in [0.15, 0.2) is 0 Å². The Morgan fingerprint density at radius 1 is 0.857 bits per heavy atom. The van der Waals surface area contributed by atoms with Crippen LogP contribution in [0, 0.1) is 10.7 Å². The van der Waals surface area contributed by atoms with Crippen LogP contribution in [0.3, 0.4) is 0 Å². The van der Waals surface area contributed by atoms with E-state index in [-0.39, 0.29) is 18.3 Å². The van der Waals surface area contributed by atoms with Crippen molar-refractivity contribution < 1.29 is 13.3 Å². The first-order chi connectivity index (χ1) is 9.81. The van der Waals surface area contributed by atoms with E-state index in [1.165, 1.54) is 11.8 Å². The number of hydrogen-bond acceptors (Lipinski definition) is 5. The maximum Gasteiger partial charge on any atom is 0.501 e. The maximum atomic E-state index is 8.51. The summed E-state index contributed by atoms with van der Waals surface area (Å²) in [7, 11) is -2.63. The summed E-state index contributed by atoms with van der Waals surface area (Å²) in [5.74, 6) is 0.895. The molecule has 0 aliphatic rings. The van der Waals surface area contributed by atoms with Crippen molar-refractivity contribution in [2.45, 2.75) is 85.2 Å². The van der Waals surface area contributed by atoms with Crippen LogP contribution in [0.2, 0.25) is 6.04 Å². The molecule has 0 amide bonds. The zero-order chi connectivity index (χ0) is 16.3. The van der Waals surface area contributed by atoms with Crippen LogP contribution < -0.4 is 0 Å². The second-order valence-corrected chi connectivity index (χ2v) is 9.39. The molecule has 124 valence electrons. The smallest absolute Gasteiger partial charge is 0.371 e. The van der Waals surface area contributed by atoms with Gasteiger partial charge in [-0.1, -0.05) is 6.42 Å². The van der Waals surface area contributed by atoms with Crippen LogP contribution >= 0.6 is 11.8 Å². The normalized spacial score (nSPS) is 12.4. The van der Waals surface area contributed by atoms with Crippen LogP contribution in [-0.4, -0.2) is 32.9 Å². The Bertz CT molecular complexity index is 279. The first-order valence-corrected chi connectivity index (χ1v) is 10.8. The molecule has 0 aromatic heterocycles. The quantitative estimate of drug-likeness (QED) is 0.297. The first kappa shape index (κ1) is 20.9. The second-order valence-electron chi connectivity index (χ2n) is 5.93. The summed E-state index contributed by atoms with van der Waals surface area (Å²) in [6.45, 7) is 12.2. The molecule has 0 fully saturated rings. The van der Waals surface area contributed by atoms with Crippen molar-refractivity contribution in [1.29, 1.82) is 5.26 Å². The third-order valence-electron chi connectivity index (χ3n) is 2.54. The lowest BCUT2D eigenvalue weighted by molar-refractivity contribution is 0.00281. The van der Waals surface area contributed by atoms with Crippen molar-refractivity contribution in [3.8, 4) is 5.40 Å². The lowest BCUT2D eigenvalue weighted by Gasteiger charge is -2.34. The summed E-state index contributed by atoms with van der Waals surface area (Å²) >= 11 is 1.32. The van der Waals surface area contributed by atoms with E-state index < -0.39 is 8.80 Å². The largest absolute Gasteiger partial charge is 0.501 e. The number of rotatable bonds is 12. The number of nitriles is 1. The van der Waals surface area contributed by atoms with Crippen molar-refractivity contribution in [2.75, 3.05) is 5.75 Å². The van der Waals surface area contributed by atoms with Crippen LogP contribution in [0.4, 0.5) is 0 Å². The lowest BCUT2D eigenvalue weighted by atomic mass is 10.3. The summed E-state index contributed by atoms with van der Waals surface area (Å²) in [6.07, 6.45) is 3.45. The highest BCUT2D eigenvalue weighted by Crippen LogP contribution is 2.25. The van der Waals surface area contributed by atoms with Crippen molar-refractivity contribution >= 4 is 20.6 Å². The molecule has 0 aromatic carbocycles. The summed E-state index contributed by atoms with van der Waals surface area (Å²) in [5.41, 5.74) is 0. The summed E-state index contributed by atoms with van der Waals surface area (Å²) < 4.78 is 18.4. The van der Waals surface area contributed by atoms with E-state index in [2.05, 4.69) is 5.40 Å². The number of unbranched alkanes of at least 4 members (excludes halogenated alkanes) is 2. The Kier molecular flexibility index (Phi) is 11.5. The summed E-state index contributed by atoms with van der Waals surface area (Å²) in [5, 5.41) is 10.6. The van der Waals surface area contributed by atoms with Gasteiger partial charge in [0.25, 0.3) is 0 Å². The van der Waals surface area contributed by atoms with Crippen LogP contribution in [-0.2, 0) is 13.3 Å². The van der Waals surface area contributed by atoms with E-state index >= 15 is 0 Å². The fourth-order valence-electron chi connectivity index (χ4n) is 2.08. The zero-order valence-corrected chi connectivity index (χ0v) is 16.2. The van der Waals surface area contributed by atoms with Gasteiger partial charge in [-0.3, -0.25) is 0 Å². The SMILES string of the molecule is CC(C)O[Si](CCCCCSC#N)(OC(C)C)OC(C)C. The third kappa shape index (κ3) is 11.2. The van der Waals surface area contributed by atoms with Gasteiger partial charge in [0.15, 0.2) is 0 Å². The van der Waals surface area contributed by atoms with Gasteiger partial charge in [0.1, 0.15) is 5.40 Å². The molecule has 0 bridgehead atoms. The predicted octanol–water partition coefficient (Wildman–Crippen LogP) is 4.58. The minimum absolute atomic E-state index is 0.100. The Hall–Kier alpha value is -0.0631. The molecule has 0 heterocycles. The number of nitrogens with zero attached hydrogens (tertiary/aromatic N) is 1. The molecule has 0 N–H and O–H groups in total. The van der Waals surface area contributed by atoms with Crippen LogP contribution in [0.25, 0.3) is 0 Å². The van der Waals surface area contributed by atoms with Gasteiger partial charge in [-0.25, -0.2) is 0 Å².